The van der Waals surface area contributed by atoms with E-state index in [1.807, 2.05) is 39.8 Å². The molecule has 1 amide bonds. The number of rotatable bonds is 9. The predicted molar refractivity (Wildman–Crippen MR) is 159 cm³/mol. The molecule has 1 aliphatic heterocycles. The molecular weight excluding hydrogens is 542 g/mol. The lowest BCUT2D eigenvalue weighted by Crippen LogP contribution is -2.52. The highest BCUT2D eigenvalue weighted by atomic mass is 19.3. The Morgan fingerprint density at radius 3 is 2.48 bits per heavy atom. The molecule has 0 bridgehead atoms. The number of nitrogens with zero attached hydrogens (tertiary/aromatic N) is 2. The minimum atomic E-state index is -2.62. The number of hydrogen-bond acceptors (Lipinski definition) is 6. The van der Waals surface area contributed by atoms with E-state index in [2.05, 4.69) is 20.1 Å². The summed E-state index contributed by atoms with van der Waals surface area (Å²) in [4.78, 5) is 33.6. The molecule has 3 fully saturated rings. The van der Waals surface area contributed by atoms with Gasteiger partial charge in [-0.05, 0) is 63.8 Å². The zero-order chi connectivity index (χ0) is 30.0. The molecule has 0 unspecified atom stereocenters. The SMILES string of the molecule is CCN(c1cc(O[C@H]2C[C@H](N3CCOCC3)C2)cc(C(=O)NCc2c(C)cc(C)[nH]c2=O)c1C)C1CCC(F)(F)CC1. The molecule has 3 aliphatic rings. The lowest BCUT2D eigenvalue weighted by molar-refractivity contribution is -0.0382. The molecular formula is C32H44F2N4O4. The van der Waals surface area contributed by atoms with E-state index in [-0.39, 0.29) is 43.0 Å². The van der Waals surface area contributed by atoms with Crippen molar-refractivity contribution in [1.82, 2.24) is 15.2 Å². The van der Waals surface area contributed by atoms with Gasteiger partial charge in [0.2, 0.25) is 5.92 Å². The fraction of sp³-hybridized carbons (Fsp3) is 0.625. The number of nitrogens with one attached hydrogen (secondary N) is 2. The number of aromatic nitrogens is 1. The molecule has 2 heterocycles. The Hall–Kier alpha value is -2.98. The number of anilines is 1. The van der Waals surface area contributed by atoms with Gasteiger partial charge in [-0.1, -0.05) is 0 Å². The van der Waals surface area contributed by atoms with Gasteiger partial charge >= 0.3 is 0 Å². The third-order valence-corrected chi connectivity index (χ3v) is 9.23. The van der Waals surface area contributed by atoms with E-state index in [0.717, 1.165) is 61.7 Å². The molecule has 1 aromatic carbocycles. The first-order valence-electron chi connectivity index (χ1n) is 15.3. The maximum atomic E-state index is 14.0. The summed E-state index contributed by atoms with van der Waals surface area (Å²) in [6.45, 7) is 11.7. The van der Waals surface area contributed by atoms with Crippen LogP contribution in [0.15, 0.2) is 23.0 Å². The van der Waals surface area contributed by atoms with E-state index in [0.29, 0.717) is 42.3 Å². The summed E-state index contributed by atoms with van der Waals surface area (Å²) in [5.41, 5.74) is 3.96. The van der Waals surface area contributed by atoms with Gasteiger partial charge in [-0.15, -0.1) is 0 Å². The minimum absolute atomic E-state index is 0.0392. The Morgan fingerprint density at radius 1 is 1.14 bits per heavy atom. The van der Waals surface area contributed by atoms with Crippen LogP contribution in [0.4, 0.5) is 14.5 Å². The maximum absolute atomic E-state index is 14.0. The lowest BCUT2D eigenvalue weighted by atomic mass is 9.87. The number of halogens is 2. The zero-order valence-corrected chi connectivity index (χ0v) is 25.2. The summed E-state index contributed by atoms with van der Waals surface area (Å²) in [6.07, 6.45) is 2.39. The summed E-state index contributed by atoms with van der Waals surface area (Å²) >= 11 is 0. The van der Waals surface area contributed by atoms with Crippen LogP contribution in [0.5, 0.6) is 5.75 Å². The summed E-state index contributed by atoms with van der Waals surface area (Å²) in [6, 6.07) is 6.07. The fourth-order valence-corrected chi connectivity index (χ4v) is 6.67. The monoisotopic (exact) mass is 586 g/mol. The van der Waals surface area contributed by atoms with Crippen LogP contribution in [-0.2, 0) is 11.3 Å². The van der Waals surface area contributed by atoms with Gasteiger partial charge in [0.1, 0.15) is 11.9 Å². The minimum Gasteiger partial charge on any atom is -0.490 e. The molecule has 42 heavy (non-hydrogen) atoms. The Kier molecular flexibility index (Phi) is 9.23. The van der Waals surface area contributed by atoms with Gasteiger partial charge in [-0.25, -0.2) is 8.78 Å². The molecule has 2 aliphatic carbocycles. The third kappa shape index (κ3) is 6.80. The summed E-state index contributed by atoms with van der Waals surface area (Å²) in [5.74, 6) is -2.31. The van der Waals surface area contributed by atoms with Crippen molar-refractivity contribution in [2.75, 3.05) is 37.7 Å². The highest BCUT2D eigenvalue weighted by molar-refractivity contribution is 5.97. The molecule has 2 aromatic rings. The largest absolute Gasteiger partial charge is 0.490 e. The van der Waals surface area contributed by atoms with Crippen LogP contribution in [-0.4, -0.2) is 72.7 Å². The van der Waals surface area contributed by atoms with E-state index in [1.54, 1.807) is 6.07 Å². The smallest absolute Gasteiger partial charge is 0.253 e. The Bertz CT molecular complexity index is 1320. The average molecular weight is 587 g/mol. The highest BCUT2D eigenvalue weighted by Gasteiger charge is 2.38. The average Bonchev–Trinajstić information content (AvgIpc) is 2.92. The first kappa shape index (κ1) is 30.5. The number of morpholine rings is 1. The quantitative estimate of drug-likeness (QED) is 0.436. The number of aryl methyl sites for hydroxylation is 2. The maximum Gasteiger partial charge on any atom is 0.253 e. The van der Waals surface area contributed by atoms with Gasteiger partial charge in [-0.3, -0.25) is 14.5 Å². The van der Waals surface area contributed by atoms with Crippen molar-refractivity contribution >= 4 is 11.6 Å². The second-order valence-electron chi connectivity index (χ2n) is 12.1. The van der Waals surface area contributed by atoms with Gasteiger partial charge in [-0.2, -0.15) is 0 Å². The first-order valence-corrected chi connectivity index (χ1v) is 15.3. The van der Waals surface area contributed by atoms with Gasteiger partial charge in [0, 0.05) is 92.5 Å². The van der Waals surface area contributed by atoms with E-state index in [9.17, 15) is 18.4 Å². The number of carbonyl (C=O) groups excluding carboxylic acids is 1. The van der Waals surface area contributed by atoms with Crippen molar-refractivity contribution in [3.63, 3.8) is 0 Å². The molecule has 10 heteroatoms. The number of alkyl halides is 2. The van der Waals surface area contributed by atoms with Crippen LogP contribution in [0.1, 0.15) is 78.2 Å². The molecule has 0 atom stereocenters. The number of aromatic amines is 1. The van der Waals surface area contributed by atoms with Crippen molar-refractivity contribution in [2.45, 2.75) is 96.9 Å². The van der Waals surface area contributed by atoms with Gasteiger partial charge in [0.25, 0.3) is 11.5 Å². The summed E-state index contributed by atoms with van der Waals surface area (Å²) in [7, 11) is 0. The highest BCUT2D eigenvalue weighted by Crippen LogP contribution is 2.40. The molecule has 0 radical (unpaired) electrons. The number of benzene rings is 1. The number of carbonyl (C=O) groups is 1. The topological polar surface area (TPSA) is 86.9 Å². The van der Waals surface area contributed by atoms with E-state index in [4.69, 9.17) is 9.47 Å². The number of hydrogen-bond donors (Lipinski definition) is 2. The fourth-order valence-electron chi connectivity index (χ4n) is 6.67. The molecule has 2 N–H and O–H groups in total. The van der Waals surface area contributed by atoms with Crippen molar-refractivity contribution in [3.05, 3.63) is 56.5 Å². The van der Waals surface area contributed by atoms with Crippen molar-refractivity contribution in [2.24, 2.45) is 0 Å². The molecule has 0 spiro atoms. The van der Waals surface area contributed by atoms with Crippen LogP contribution in [0, 0.1) is 20.8 Å². The molecule has 5 rings (SSSR count). The van der Waals surface area contributed by atoms with Crippen LogP contribution >= 0.6 is 0 Å². The number of pyridine rings is 1. The van der Waals surface area contributed by atoms with Crippen LogP contribution < -0.4 is 20.5 Å². The predicted octanol–water partition coefficient (Wildman–Crippen LogP) is 4.88. The van der Waals surface area contributed by atoms with Crippen molar-refractivity contribution < 1.29 is 23.0 Å². The van der Waals surface area contributed by atoms with Crippen LogP contribution in [0.2, 0.25) is 0 Å². The normalized spacial score (nSPS) is 22.8. The van der Waals surface area contributed by atoms with Crippen LogP contribution in [0.3, 0.4) is 0 Å². The first-order chi connectivity index (χ1) is 20.0. The number of amides is 1. The van der Waals surface area contributed by atoms with Crippen LogP contribution in [0.25, 0.3) is 0 Å². The number of H-pyrrole nitrogens is 1. The molecule has 2 saturated carbocycles. The molecule has 1 aromatic heterocycles. The molecule has 8 nitrogen and oxygen atoms in total. The second-order valence-corrected chi connectivity index (χ2v) is 12.1. The van der Waals surface area contributed by atoms with Gasteiger partial charge in [0.15, 0.2) is 0 Å². The van der Waals surface area contributed by atoms with E-state index >= 15 is 0 Å². The number of ether oxygens (including phenoxy) is 2. The summed E-state index contributed by atoms with van der Waals surface area (Å²) < 4.78 is 39.9. The summed E-state index contributed by atoms with van der Waals surface area (Å²) in [5, 5.41) is 2.94. The lowest BCUT2D eigenvalue weighted by Gasteiger charge is -2.44. The Labute approximate surface area is 246 Å². The van der Waals surface area contributed by atoms with E-state index < -0.39 is 5.92 Å². The van der Waals surface area contributed by atoms with Crippen molar-refractivity contribution in [3.8, 4) is 5.75 Å². The third-order valence-electron chi connectivity index (χ3n) is 9.23. The van der Waals surface area contributed by atoms with Gasteiger partial charge < -0.3 is 24.7 Å². The zero-order valence-electron chi connectivity index (χ0n) is 25.2. The Balaban J connectivity index is 1.38. The molecule has 230 valence electrons. The van der Waals surface area contributed by atoms with Gasteiger partial charge in [0.05, 0.1) is 13.2 Å². The van der Waals surface area contributed by atoms with E-state index in [1.165, 1.54) is 0 Å². The standard InChI is InChI=1S/C32H44F2N4O4/c1-5-38(23-6-8-32(33,34)9-7-23)29-18-26(42-25-15-24(16-25)37-10-12-41-13-11-37)17-27(22(29)4)30(39)35-19-28-20(2)14-21(3)36-31(28)40/h14,17-18,23-25H,5-13,15-16,19H2,1-4H3,(H,35,39)(H,36,40)/t24-,25-. The second kappa shape index (κ2) is 12.7. The molecule has 1 saturated heterocycles. The Morgan fingerprint density at radius 2 is 1.83 bits per heavy atom. The van der Waals surface area contributed by atoms with Crippen molar-refractivity contribution in [1.29, 1.82) is 0 Å².